The number of hydrogen-bond donors (Lipinski definition) is 2. The summed E-state index contributed by atoms with van der Waals surface area (Å²) >= 11 is 0. The second kappa shape index (κ2) is 8.19. The van der Waals surface area contributed by atoms with E-state index in [9.17, 15) is 18.0 Å². The Kier molecular flexibility index (Phi) is 5.45. The molecule has 0 saturated carbocycles. The van der Waals surface area contributed by atoms with Crippen LogP contribution in [0.3, 0.4) is 0 Å². The lowest BCUT2D eigenvalue weighted by Crippen LogP contribution is -2.42. The number of para-hydroxylation sites is 1. The average molecular weight is 424 g/mol. The minimum Gasteiger partial charge on any atom is -0.273 e. The standard InChI is InChI=1S/C21H20N4O4S/c26-20(10-14-7-9-30(28,29)13-14)24-25-21(27)17-11-19(15-4-3-8-22-12-15)23-18-6-2-1-5-16(17)18/h1-6,8,11-12,14H,7,9-10,13H2,(H,24,26)(H,25,27). The van der Waals surface area contributed by atoms with Gasteiger partial charge in [-0.2, -0.15) is 0 Å². The van der Waals surface area contributed by atoms with Crippen LogP contribution >= 0.6 is 0 Å². The van der Waals surface area contributed by atoms with Crippen molar-refractivity contribution in [3.05, 3.63) is 60.4 Å². The Bertz CT molecular complexity index is 1210. The van der Waals surface area contributed by atoms with Gasteiger partial charge in [-0.1, -0.05) is 18.2 Å². The molecule has 2 amide bonds. The lowest BCUT2D eigenvalue weighted by Gasteiger charge is -2.12. The summed E-state index contributed by atoms with van der Waals surface area (Å²) in [4.78, 5) is 33.7. The van der Waals surface area contributed by atoms with Crippen molar-refractivity contribution < 1.29 is 18.0 Å². The largest absolute Gasteiger partial charge is 0.273 e. The Morgan fingerprint density at radius 3 is 2.67 bits per heavy atom. The molecule has 1 atom stereocenters. The summed E-state index contributed by atoms with van der Waals surface area (Å²) in [6, 6.07) is 12.5. The van der Waals surface area contributed by atoms with Crippen molar-refractivity contribution >= 4 is 32.6 Å². The van der Waals surface area contributed by atoms with E-state index in [-0.39, 0.29) is 23.8 Å². The number of hydrogen-bond acceptors (Lipinski definition) is 6. The molecule has 3 heterocycles. The average Bonchev–Trinajstić information content (AvgIpc) is 3.09. The quantitative estimate of drug-likeness (QED) is 0.618. The third-order valence-corrected chi connectivity index (χ3v) is 6.87. The first-order chi connectivity index (χ1) is 14.4. The molecular formula is C21H20N4O4S. The molecule has 1 saturated heterocycles. The van der Waals surface area contributed by atoms with Gasteiger partial charge in [-0.05, 0) is 36.6 Å². The molecule has 2 N–H and O–H groups in total. The second-order valence-corrected chi connectivity index (χ2v) is 9.52. The zero-order valence-corrected chi connectivity index (χ0v) is 16.9. The molecule has 1 fully saturated rings. The number of fused-ring (bicyclic) bond motifs is 1. The van der Waals surface area contributed by atoms with Gasteiger partial charge in [0.15, 0.2) is 9.84 Å². The number of hydrazine groups is 1. The Balaban J connectivity index is 1.52. The maximum atomic E-state index is 12.8. The van der Waals surface area contributed by atoms with Crippen molar-refractivity contribution in [3.8, 4) is 11.3 Å². The highest BCUT2D eigenvalue weighted by Crippen LogP contribution is 2.24. The number of nitrogens with zero attached hydrogens (tertiary/aromatic N) is 2. The minimum atomic E-state index is -3.05. The van der Waals surface area contributed by atoms with Crippen molar-refractivity contribution in [2.45, 2.75) is 12.8 Å². The Morgan fingerprint density at radius 2 is 1.93 bits per heavy atom. The smallest absolute Gasteiger partial charge is 0.270 e. The number of amides is 2. The van der Waals surface area contributed by atoms with Crippen LogP contribution in [-0.2, 0) is 14.6 Å². The second-order valence-electron chi connectivity index (χ2n) is 7.29. The van der Waals surface area contributed by atoms with Gasteiger partial charge in [0.1, 0.15) is 0 Å². The van der Waals surface area contributed by atoms with Crippen molar-refractivity contribution in [2.24, 2.45) is 5.92 Å². The van der Waals surface area contributed by atoms with E-state index in [1.165, 1.54) is 0 Å². The minimum absolute atomic E-state index is 0.0117. The number of pyridine rings is 2. The molecule has 0 aliphatic carbocycles. The van der Waals surface area contributed by atoms with Crippen LogP contribution in [0.2, 0.25) is 0 Å². The topological polar surface area (TPSA) is 118 Å². The molecule has 0 radical (unpaired) electrons. The number of benzene rings is 1. The van der Waals surface area contributed by atoms with Gasteiger partial charge in [0.05, 0.1) is 28.3 Å². The molecule has 1 unspecified atom stereocenters. The van der Waals surface area contributed by atoms with Crippen LogP contribution in [0, 0.1) is 5.92 Å². The molecule has 9 heteroatoms. The molecule has 1 aliphatic rings. The van der Waals surface area contributed by atoms with Gasteiger partial charge in [0.25, 0.3) is 5.91 Å². The predicted molar refractivity (Wildman–Crippen MR) is 112 cm³/mol. The van der Waals surface area contributed by atoms with Crippen LogP contribution in [0.4, 0.5) is 0 Å². The molecule has 0 spiro atoms. The molecule has 2 aromatic heterocycles. The summed E-state index contributed by atoms with van der Waals surface area (Å²) in [7, 11) is -3.05. The van der Waals surface area contributed by atoms with E-state index in [4.69, 9.17) is 0 Å². The number of nitrogens with one attached hydrogen (secondary N) is 2. The van der Waals surface area contributed by atoms with Crippen LogP contribution < -0.4 is 10.9 Å². The highest BCUT2D eigenvalue weighted by atomic mass is 32.2. The van der Waals surface area contributed by atoms with E-state index in [1.54, 1.807) is 30.6 Å². The van der Waals surface area contributed by atoms with Gasteiger partial charge in [-0.3, -0.25) is 25.4 Å². The summed E-state index contributed by atoms with van der Waals surface area (Å²) in [6.07, 6.45) is 3.84. The Hall–Kier alpha value is -3.33. The maximum absolute atomic E-state index is 12.8. The first-order valence-corrected chi connectivity index (χ1v) is 11.3. The van der Waals surface area contributed by atoms with Gasteiger partial charge in [-0.25, -0.2) is 13.4 Å². The van der Waals surface area contributed by atoms with Crippen molar-refractivity contribution in [1.82, 2.24) is 20.8 Å². The molecular weight excluding hydrogens is 404 g/mol. The van der Waals surface area contributed by atoms with Crippen molar-refractivity contribution in [2.75, 3.05) is 11.5 Å². The zero-order chi connectivity index (χ0) is 21.1. The number of carbonyl (C=O) groups is 2. The SMILES string of the molecule is O=C(CC1CCS(=O)(=O)C1)NNC(=O)c1cc(-c2cccnc2)nc2ccccc12. The van der Waals surface area contributed by atoms with Gasteiger partial charge in [0.2, 0.25) is 5.91 Å². The fourth-order valence-corrected chi connectivity index (χ4v) is 5.43. The van der Waals surface area contributed by atoms with E-state index < -0.39 is 21.7 Å². The molecule has 8 nitrogen and oxygen atoms in total. The summed E-state index contributed by atoms with van der Waals surface area (Å²) in [5.74, 6) is -0.997. The third-order valence-electron chi connectivity index (χ3n) is 5.03. The number of aromatic nitrogens is 2. The van der Waals surface area contributed by atoms with Crippen molar-refractivity contribution in [3.63, 3.8) is 0 Å². The lowest BCUT2D eigenvalue weighted by atomic mass is 10.0. The van der Waals surface area contributed by atoms with Gasteiger partial charge in [-0.15, -0.1) is 0 Å². The Morgan fingerprint density at radius 1 is 1.10 bits per heavy atom. The highest BCUT2D eigenvalue weighted by molar-refractivity contribution is 7.91. The monoisotopic (exact) mass is 424 g/mol. The fraction of sp³-hybridized carbons (Fsp3) is 0.238. The van der Waals surface area contributed by atoms with Crippen LogP contribution in [-0.4, -0.2) is 41.7 Å². The van der Waals surface area contributed by atoms with E-state index in [0.29, 0.717) is 28.6 Å². The van der Waals surface area contributed by atoms with Crippen LogP contribution in [0.25, 0.3) is 22.2 Å². The fourth-order valence-electron chi connectivity index (χ4n) is 3.57. The van der Waals surface area contributed by atoms with E-state index in [0.717, 1.165) is 5.56 Å². The highest BCUT2D eigenvalue weighted by Gasteiger charge is 2.29. The van der Waals surface area contributed by atoms with Crippen LogP contribution in [0.15, 0.2) is 54.9 Å². The third kappa shape index (κ3) is 4.46. The van der Waals surface area contributed by atoms with Gasteiger partial charge >= 0.3 is 0 Å². The molecule has 30 heavy (non-hydrogen) atoms. The number of carbonyl (C=O) groups excluding carboxylic acids is 2. The first kappa shape index (κ1) is 20.0. The first-order valence-electron chi connectivity index (χ1n) is 9.51. The molecule has 154 valence electrons. The lowest BCUT2D eigenvalue weighted by molar-refractivity contribution is -0.122. The number of sulfone groups is 1. The zero-order valence-electron chi connectivity index (χ0n) is 16.0. The molecule has 1 aromatic carbocycles. The molecule has 3 aromatic rings. The van der Waals surface area contributed by atoms with Gasteiger partial charge in [0, 0.05) is 29.8 Å². The van der Waals surface area contributed by atoms with Crippen LogP contribution in [0.5, 0.6) is 0 Å². The number of rotatable bonds is 4. The molecule has 1 aliphatic heterocycles. The Labute approximate surface area is 173 Å². The van der Waals surface area contributed by atoms with E-state index in [1.807, 2.05) is 24.3 Å². The predicted octanol–water partition coefficient (Wildman–Crippen LogP) is 1.88. The van der Waals surface area contributed by atoms with Gasteiger partial charge < -0.3 is 0 Å². The normalized spacial score (nSPS) is 17.5. The summed E-state index contributed by atoms with van der Waals surface area (Å²) in [5.41, 5.74) is 7.19. The summed E-state index contributed by atoms with van der Waals surface area (Å²) in [6.45, 7) is 0. The maximum Gasteiger partial charge on any atom is 0.270 e. The van der Waals surface area contributed by atoms with Crippen LogP contribution in [0.1, 0.15) is 23.2 Å². The summed E-state index contributed by atoms with van der Waals surface area (Å²) < 4.78 is 23.1. The van der Waals surface area contributed by atoms with E-state index in [2.05, 4.69) is 20.8 Å². The molecule has 0 bridgehead atoms. The van der Waals surface area contributed by atoms with E-state index >= 15 is 0 Å². The summed E-state index contributed by atoms with van der Waals surface area (Å²) in [5, 5.41) is 0.652. The molecule has 4 rings (SSSR count). The van der Waals surface area contributed by atoms with Crippen molar-refractivity contribution in [1.29, 1.82) is 0 Å².